The molecule has 0 aliphatic carbocycles. The summed E-state index contributed by atoms with van der Waals surface area (Å²) in [5.74, 6) is 0.751. The Hall–Kier alpha value is -2.83. The van der Waals surface area contributed by atoms with Crippen LogP contribution in [0.25, 0.3) is 0 Å². The van der Waals surface area contributed by atoms with Gasteiger partial charge in [-0.15, -0.1) is 0 Å². The Morgan fingerprint density at radius 2 is 2.09 bits per heavy atom. The monoisotopic (exact) mass is 303 g/mol. The summed E-state index contributed by atoms with van der Waals surface area (Å²) in [5.41, 5.74) is 0.887. The van der Waals surface area contributed by atoms with Crippen LogP contribution in [-0.2, 0) is 6.54 Å². The topological polar surface area (TPSA) is 93.6 Å². The Morgan fingerprint density at radius 1 is 1.27 bits per heavy atom. The summed E-state index contributed by atoms with van der Waals surface area (Å²) in [4.78, 5) is 18.5. The second kappa shape index (κ2) is 7.26. The van der Waals surface area contributed by atoms with E-state index in [1.54, 1.807) is 7.11 Å². The zero-order valence-corrected chi connectivity index (χ0v) is 12.4. The fourth-order valence-corrected chi connectivity index (χ4v) is 1.82. The van der Waals surface area contributed by atoms with Crippen LogP contribution in [-0.4, -0.2) is 34.8 Å². The largest absolute Gasteiger partial charge is 0.493 e. The molecular weight excluding hydrogens is 286 g/mol. The number of benzene rings is 1. The zero-order valence-electron chi connectivity index (χ0n) is 12.4. The molecule has 1 heterocycles. The molecule has 7 nitrogen and oxygen atoms in total. The van der Waals surface area contributed by atoms with Gasteiger partial charge in [0, 0.05) is 6.54 Å². The molecule has 0 unspecified atom stereocenters. The number of nitrogens with one attached hydrogen (secondary N) is 1. The van der Waals surface area contributed by atoms with E-state index < -0.39 is 5.97 Å². The fourth-order valence-electron chi connectivity index (χ4n) is 1.82. The summed E-state index contributed by atoms with van der Waals surface area (Å²) in [7, 11) is 1.59. The molecule has 7 heteroatoms. The number of ether oxygens (including phenoxy) is 2. The normalized spacial score (nSPS) is 10.1. The van der Waals surface area contributed by atoms with Gasteiger partial charge in [0.25, 0.3) is 0 Å². The highest BCUT2D eigenvalue weighted by molar-refractivity contribution is 5.84. The number of methoxy groups -OCH3 is 1. The van der Waals surface area contributed by atoms with Crippen LogP contribution >= 0.6 is 0 Å². The number of aromatic nitrogens is 2. The first-order valence-electron chi connectivity index (χ1n) is 6.73. The lowest BCUT2D eigenvalue weighted by Crippen LogP contribution is -2.06. The van der Waals surface area contributed by atoms with Gasteiger partial charge in [0.05, 0.1) is 26.1 Å². The summed E-state index contributed by atoms with van der Waals surface area (Å²) in [6.07, 6.45) is 2.60. The first-order chi connectivity index (χ1) is 10.6. The van der Waals surface area contributed by atoms with E-state index in [-0.39, 0.29) is 5.69 Å². The Labute approximate surface area is 127 Å². The molecule has 0 fully saturated rings. The van der Waals surface area contributed by atoms with Gasteiger partial charge < -0.3 is 19.9 Å². The van der Waals surface area contributed by atoms with E-state index in [4.69, 9.17) is 14.6 Å². The smallest absolute Gasteiger partial charge is 0.356 e. The number of carbonyl (C=O) groups is 1. The predicted molar refractivity (Wildman–Crippen MR) is 80.5 cm³/mol. The van der Waals surface area contributed by atoms with Crippen molar-refractivity contribution in [2.24, 2.45) is 0 Å². The lowest BCUT2D eigenvalue weighted by molar-refractivity contribution is 0.0690. The van der Waals surface area contributed by atoms with Crippen molar-refractivity contribution in [1.29, 1.82) is 0 Å². The minimum atomic E-state index is -1.10. The molecule has 2 N–H and O–H groups in total. The quantitative estimate of drug-likeness (QED) is 0.809. The van der Waals surface area contributed by atoms with Gasteiger partial charge in [-0.1, -0.05) is 6.07 Å². The molecule has 22 heavy (non-hydrogen) atoms. The molecule has 116 valence electrons. The summed E-state index contributed by atoms with van der Waals surface area (Å²) in [5, 5.41) is 11.8. The van der Waals surface area contributed by atoms with E-state index in [0.717, 1.165) is 5.56 Å². The van der Waals surface area contributed by atoms with E-state index in [1.807, 2.05) is 25.1 Å². The van der Waals surface area contributed by atoms with Crippen LogP contribution in [0, 0.1) is 0 Å². The molecule has 1 aromatic heterocycles. The van der Waals surface area contributed by atoms with E-state index >= 15 is 0 Å². The SMILES string of the molecule is CCOc1ccc(CNc2cnc(C(=O)O)cn2)cc1OC. The molecule has 1 aromatic carbocycles. The molecule has 0 amide bonds. The van der Waals surface area contributed by atoms with Gasteiger partial charge in [-0.3, -0.25) is 0 Å². The number of hydrogen-bond acceptors (Lipinski definition) is 6. The molecule has 0 aliphatic heterocycles. The number of aromatic carboxylic acids is 1. The van der Waals surface area contributed by atoms with Crippen molar-refractivity contribution >= 4 is 11.8 Å². The van der Waals surface area contributed by atoms with E-state index in [9.17, 15) is 4.79 Å². The second-order valence-electron chi connectivity index (χ2n) is 4.36. The van der Waals surface area contributed by atoms with Crippen molar-refractivity contribution in [2.75, 3.05) is 19.0 Å². The van der Waals surface area contributed by atoms with Crippen LogP contribution in [0.3, 0.4) is 0 Å². The maximum Gasteiger partial charge on any atom is 0.356 e. The first kappa shape index (κ1) is 15.6. The van der Waals surface area contributed by atoms with Crippen LogP contribution in [0.1, 0.15) is 23.0 Å². The standard InChI is InChI=1S/C15H17N3O4/c1-3-22-12-5-4-10(6-13(12)21-2)7-17-14-9-16-11(8-18-14)15(19)20/h4-6,8-9H,3,7H2,1-2H3,(H,17,18)(H,19,20). The van der Waals surface area contributed by atoms with E-state index in [2.05, 4.69) is 15.3 Å². The van der Waals surface area contributed by atoms with Gasteiger partial charge in [-0.25, -0.2) is 14.8 Å². The van der Waals surface area contributed by atoms with Gasteiger partial charge in [0.1, 0.15) is 5.82 Å². The van der Waals surface area contributed by atoms with Gasteiger partial charge >= 0.3 is 5.97 Å². The predicted octanol–water partition coefficient (Wildman–Crippen LogP) is 2.19. The van der Waals surface area contributed by atoms with Crippen LogP contribution in [0.15, 0.2) is 30.6 Å². The van der Waals surface area contributed by atoms with Crippen LogP contribution in [0.2, 0.25) is 0 Å². The number of rotatable bonds is 7. The molecule has 2 aromatic rings. The average Bonchev–Trinajstić information content (AvgIpc) is 2.54. The van der Waals surface area contributed by atoms with Crippen LogP contribution in [0.5, 0.6) is 11.5 Å². The molecule has 0 spiro atoms. The number of carboxylic acid groups (broad SMARTS) is 1. The van der Waals surface area contributed by atoms with Crippen LogP contribution < -0.4 is 14.8 Å². The summed E-state index contributed by atoms with van der Waals surface area (Å²) in [6.45, 7) is 2.98. The van der Waals surface area contributed by atoms with Crippen molar-refractivity contribution in [3.8, 4) is 11.5 Å². The molecule has 0 radical (unpaired) electrons. The molecule has 0 aliphatic rings. The molecule has 2 rings (SSSR count). The Bertz CT molecular complexity index is 644. The minimum absolute atomic E-state index is 0.0895. The molecule has 0 saturated heterocycles. The third-order valence-electron chi connectivity index (χ3n) is 2.87. The third kappa shape index (κ3) is 3.85. The van der Waals surface area contributed by atoms with E-state index in [0.29, 0.717) is 30.5 Å². The highest BCUT2D eigenvalue weighted by Gasteiger charge is 2.07. The second-order valence-corrected chi connectivity index (χ2v) is 4.36. The summed E-state index contributed by atoms with van der Waals surface area (Å²) < 4.78 is 10.7. The number of anilines is 1. The highest BCUT2D eigenvalue weighted by Crippen LogP contribution is 2.28. The molecular formula is C15H17N3O4. The number of carboxylic acids is 1. The highest BCUT2D eigenvalue weighted by atomic mass is 16.5. The average molecular weight is 303 g/mol. The lowest BCUT2D eigenvalue weighted by Gasteiger charge is -2.11. The zero-order chi connectivity index (χ0) is 15.9. The van der Waals surface area contributed by atoms with Gasteiger partial charge in [-0.2, -0.15) is 0 Å². The van der Waals surface area contributed by atoms with Crippen molar-refractivity contribution < 1.29 is 19.4 Å². The molecule has 0 saturated carbocycles. The molecule has 0 bridgehead atoms. The number of nitrogens with zero attached hydrogens (tertiary/aromatic N) is 2. The first-order valence-corrected chi connectivity index (χ1v) is 6.73. The summed E-state index contributed by atoms with van der Waals surface area (Å²) >= 11 is 0. The van der Waals surface area contributed by atoms with Crippen molar-refractivity contribution in [1.82, 2.24) is 9.97 Å². The van der Waals surface area contributed by atoms with Gasteiger partial charge in [0.15, 0.2) is 17.2 Å². The fraction of sp³-hybridized carbons (Fsp3) is 0.267. The minimum Gasteiger partial charge on any atom is -0.493 e. The maximum absolute atomic E-state index is 10.7. The number of hydrogen-bond donors (Lipinski definition) is 2. The van der Waals surface area contributed by atoms with Crippen molar-refractivity contribution in [2.45, 2.75) is 13.5 Å². The van der Waals surface area contributed by atoms with E-state index in [1.165, 1.54) is 12.4 Å². The summed E-state index contributed by atoms with van der Waals surface area (Å²) in [6, 6.07) is 5.63. The Kier molecular flexibility index (Phi) is 5.13. The van der Waals surface area contributed by atoms with Crippen molar-refractivity contribution in [3.05, 3.63) is 41.9 Å². The Morgan fingerprint density at radius 3 is 2.68 bits per heavy atom. The Balaban J connectivity index is 2.03. The third-order valence-corrected chi connectivity index (χ3v) is 2.87. The van der Waals surface area contributed by atoms with Crippen LogP contribution in [0.4, 0.5) is 5.82 Å². The van der Waals surface area contributed by atoms with Gasteiger partial charge in [-0.05, 0) is 24.6 Å². The maximum atomic E-state index is 10.7. The van der Waals surface area contributed by atoms with Crippen molar-refractivity contribution in [3.63, 3.8) is 0 Å². The van der Waals surface area contributed by atoms with Gasteiger partial charge in [0.2, 0.25) is 0 Å². The lowest BCUT2D eigenvalue weighted by atomic mass is 10.2. The molecule has 0 atom stereocenters.